The average molecular weight is 305 g/mol. The maximum atomic E-state index is 11.3. The topological polar surface area (TPSA) is 44.7 Å². The van der Waals surface area contributed by atoms with Crippen LogP contribution in [-0.2, 0) is 4.79 Å². The minimum absolute atomic E-state index is 0.104. The van der Waals surface area contributed by atoms with Crippen LogP contribution in [0, 0.1) is 0 Å². The molecule has 4 nitrogen and oxygen atoms in total. The minimum Gasteiger partial charge on any atom is -0.343 e. The van der Waals surface area contributed by atoms with Crippen LogP contribution in [0.15, 0.2) is 33.8 Å². The van der Waals surface area contributed by atoms with Crippen molar-refractivity contribution < 1.29 is 4.79 Å². The molecular weight excluding hydrogens is 293 g/mol. The second-order valence-corrected chi connectivity index (χ2v) is 4.49. The van der Waals surface area contributed by atoms with Crippen molar-refractivity contribution in [3.63, 3.8) is 0 Å². The van der Waals surface area contributed by atoms with Crippen LogP contribution in [-0.4, -0.2) is 30.1 Å². The first-order valence-corrected chi connectivity index (χ1v) is 5.64. The maximum Gasteiger partial charge on any atom is 0.285 e. The van der Waals surface area contributed by atoms with Crippen molar-refractivity contribution in [3.8, 4) is 0 Å². The van der Waals surface area contributed by atoms with Crippen molar-refractivity contribution in [2.24, 2.45) is 5.10 Å². The fraction of sp³-hybridized carbons (Fsp3) is 0.200. The number of amides is 1. The number of carbonyl (C=O) groups is 1. The van der Waals surface area contributed by atoms with E-state index >= 15 is 0 Å². The molecule has 0 radical (unpaired) electrons. The van der Waals surface area contributed by atoms with Gasteiger partial charge >= 0.3 is 0 Å². The van der Waals surface area contributed by atoms with E-state index in [1.54, 1.807) is 14.1 Å². The van der Waals surface area contributed by atoms with Crippen molar-refractivity contribution in [1.29, 1.82) is 0 Å². The van der Waals surface area contributed by atoms with Crippen LogP contribution in [0.5, 0.6) is 0 Å². The quantitative estimate of drug-likeness (QED) is 0.689. The molecule has 0 unspecified atom stereocenters. The van der Waals surface area contributed by atoms with Crippen LogP contribution in [0.4, 0.5) is 5.69 Å². The van der Waals surface area contributed by atoms with Gasteiger partial charge in [0.1, 0.15) is 0 Å². The summed E-state index contributed by atoms with van der Waals surface area (Å²) in [4.78, 5) is 12.7. The lowest BCUT2D eigenvalue weighted by Crippen LogP contribution is -2.27. The summed E-state index contributed by atoms with van der Waals surface area (Å²) in [6, 6.07) is 7.36. The van der Waals surface area contributed by atoms with Gasteiger partial charge in [0.15, 0.2) is 0 Å². The Kier molecular flexibility index (Phi) is 4.76. The monoisotopic (exact) mass is 303 g/mol. The Balaban J connectivity index is 2.66. The van der Waals surface area contributed by atoms with Gasteiger partial charge in [-0.3, -0.25) is 10.2 Å². The molecule has 86 valence electrons. The molecule has 0 aliphatic heterocycles. The van der Waals surface area contributed by atoms with Gasteiger partial charge in [0.2, 0.25) is 5.17 Å². The number of nitrogens with zero attached hydrogens (tertiary/aromatic N) is 2. The molecule has 0 aliphatic carbocycles. The van der Waals surface area contributed by atoms with Crippen LogP contribution in [0.1, 0.15) is 0 Å². The number of anilines is 1. The van der Waals surface area contributed by atoms with Crippen molar-refractivity contribution in [3.05, 3.63) is 28.7 Å². The summed E-state index contributed by atoms with van der Waals surface area (Å²) in [6.45, 7) is 0. The molecule has 0 heterocycles. The third-order valence-corrected chi connectivity index (χ3v) is 2.48. The number of nitrogens with one attached hydrogen (secondary N) is 1. The minimum atomic E-state index is -0.341. The Morgan fingerprint density at radius 1 is 1.38 bits per heavy atom. The Morgan fingerprint density at radius 3 is 2.44 bits per heavy atom. The summed E-state index contributed by atoms with van der Waals surface area (Å²) in [6.07, 6.45) is 0. The van der Waals surface area contributed by atoms with Gasteiger partial charge in [-0.25, -0.2) is 0 Å². The molecule has 1 amide bonds. The highest BCUT2D eigenvalue weighted by molar-refractivity contribution is 9.10. The Morgan fingerprint density at radius 2 is 1.94 bits per heavy atom. The van der Waals surface area contributed by atoms with Gasteiger partial charge in [0.05, 0.1) is 5.69 Å². The fourth-order valence-corrected chi connectivity index (χ4v) is 1.35. The van der Waals surface area contributed by atoms with E-state index in [-0.39, 0.29) is 11.1 Å². The summed E-state index contributed by atoms with van der Waals surface area (Å²) in [5, 5.41) is 3.67. The summed E-state index contributed by atoms with van der Waals surface area (Å²) in [5.74, 6) is -0.341. The second-order valence-electron chi connectivity index (χ2n) is 3.22. The predicted molar refractivity (Wildman–Crippen MR) is 69.7 cm³/mol. The summed E-state index contributed by atoms with van der Waals surface area (Å²) in [7, 11) is 3.22. The van der Waals surface area contributed by atoms with E-state index in [0.29, 0.717) is 0 Å². The highest BCUT2D eigenvalue weighted by atomic mass is 79.9. The standard InChI is InChI=1S/C10H11BrClN3O/c1-15(2)10(16)9(12)14-13-8-5-3-7(11)4-6-8/h3-6,13H,1-2H3/b14-9+. The number of rotatable bonds is 3. The van der Waals surface area contributed by atoms with Gasteiger partial charge in [-0.05, 0) is 24.3 Å². The Labute approximate surface area is 107 Å². The molecule has 1 aromatic carbocycles. The maximum absolute atomic E-state index is 11.3. The van der Waals surface area contributed by atoms with Crippen LogP contribution in [0.3, 0.4) is 0 Å². The molecule has 1 aromatic rings. The van der Waals surface area contributed by atoms with Crippen molar-refractivity contribution in [2.45, 2.75) is 0 Å². The van der Waals surface area contributed by atoms with E-state index in [0.717, 1.165) is 10.2 Å². The van der Waals surface area contributed by atoms with Crippen LogP contribution < -0.4 is 5.43 Å². The molecule has 0 saturated heterocycles. The normalized spacial score (nSPS) is 11.1. The average Bonchev–Trinajstić information content (AvgIpc) is 2.26. The number of hydrazone groups is 1. The van der Waals surface area contributed by atoms with Crippen LogP contribution in [0.2, 0.25) is 0 Å². The van der Waals surface area contributed by atoms with Gasteiger partial charge in [-0.15, -0.1) is 0 Å². The largest absolute Gasteiger partial charge is 0.343 e. The lowest BCUT2D eigenvalue weighted by Gasteiger charge is -2.08. The molecule has 1 N–H and O–H groups in total. The third kappa shape index (κ3) is 3.83. The highest BCUT2D eigenvalue weighted by Gasteiger charge is 2.10. The molecule has 0 atom stereocenters. The van der Waals surface area contributed by atoms with E-state index in [1.807, 2.05) is 24.3 Å². The number of hydrogen-bond donors (Lipinski definition) is 1. The molecule has 0 spiro atoms. The number of benzene rings is 1. The first kappa shape index (κ1) is 13.0. The smallest absolute Gasteiger partial charge is 0.285 e. The summed E-state index contributed by atoms with van der Waals surface area (Å²) in [5.41, 5.74) is 3.45. The zero-order valence-corrected chi connectivity index (χ0v) is 11.2. The molecule has 6 heteroatoms. The Bertz CT molecular complexity index is 403. The van der Waals surface area contributed by atoms with Crippen molar-refractivity contribution in [1.82, 2.24) is 4.90 Å². The number of hydrogen-bond acceptors (Lipinski definition) is 3. The van der Waals surface area contributed by atoms with Gasteiger partial charge in [0, 0.05) is 18.6 Å². The lowest BCUT2D eigenvalue weighted by molar-refractivity contribution is -0.121. The molecule has 16 heavy (non-hydrogen) atoms. The van der Waals surface area contributed by atoms with Crippen LogP contribution in [0.25, 0.3) is 0 Å². The zero-order chi connectivity index (χ0) is 12.1. The highest BCUT2D eigenvalue weighted by Crippen LogP contribution is 2.14. The molecule has 1 rings (SSSR count). The molecule has 0 aliphatic rings. The predicted octanol–water partition coefficient (Wildman–Crippen LogP) is 2.50. The molecular formula is C10H11BrClN3O. The van der Waals surface area contributed by atoms with E-state index < -0.39 is 0 Å². The van der Waals surface area contributed by atoms with E-state index in [4.69, 9.17) is 11.6 Å². The number of carbonyl (C=O) groups excluding carboxylic acids is 1. The first-order chi connectivity index (χ1) is 7.50. The summed E-state index contributed by atoms with van der Waals surface area (Å²) >= 11 is 9.01. The van der Waals surface area contributed by atoms with Gasteiger partial charge in [-0.2, -0.15) is 5.10 Å². The van der Waals surface area contributed by atoms with E-state index in [2.05, 4.69) is 26.5 Å². The fourth-order valence-electron chi connectivity index (χ4n) is 0.870. The summed E-state index contributed by atoms with van der Waals surface area (Å²) < 4.78 is 0.970. The lowest BCUT2D eigenvalue weighted by atomic mass is 10.3. The van der Waals surface area contributed by atoms with Gasteiger partial charge < -0.3 is 4.90 Å². The third-order valence-electron chi connectivity index (χ3n) is 1.71. The van der Waals surface area contributed by atoms with Crippen molar-refractivity contribution in [2.75, 3.05) is 19.5 Å². The molecule has 0 bridgehead atoms. The van der Waals surface area contributed by atoms with Crippen molar-refractivity contribution >= 4 is 44.3 Å². The first-order valence-electron chi connectivity index (χ1n) is 4.47. The molecule has 0 aromatic heterocycles. The Hall–Kier alpha value is -1.07. The number of halogens is 2. The van der Waals surface area contributed by atoms with Crippen LogP contribution >= 0.6 is 27.5 Å². The van der Waals surface area contributed by atoms with Gasteiger partial charge in [-0.1, -0.05) is 27.5 Å². The second kappa shape index (κ2) is 5.86. The van der Waals surface area contributed by atoms with E-state index in [9.17, 15) is 4.79 Å². The SMILES string of the molecule is CN(C)C(=O)/C(Cl)=N\Nc1ccc(Br)cc1. The van der Waals surface area contributed by atoms with E-state index in [1.165, 1.54) is 4.90 Å². The molecule has 0 fully saturated rings. The zero-order valence-electron chi connectivity index (χ0n) is 8.87. The molecule has 0 saturated carbocycles. The van der Waals surface area contributed by atoms with Gasteiger partial charge in [0.25, 0.3) is 5.91 Å².